The van der Waals surface area contributed by atoms with Crippen LogP contribution < -0.4 is 10.2 Å². The second-order valence-corrected chi connectivity index (χ2v) is 6.87. The highest BCUT2D eigenvalue weighted by molar-refractivity contribution is 5.96. The molecule has 1 saturated heterocycles. The van der Waals surface area contributed by atoms with Gasteiger partial charge in [0, 0.05) is 49.8 Å². The maximum absolute atomic E-state index is 14.2. The number of ketones is 1. The number of hydrogen-bond acceptors (Lipinski definition) is 5. The van der Waals surface area contributed by atoms with Gasteiger partial charge in [0.15, 0.2) is 5.65 Å². The highest BCUT2D eigenvalue weighted by Crippen LogP contribution is 2.24. The van der Waals surface area contributed by atoms with Crippen molar-refractivity contribution in [2.45, 2.75) is 39.9 Å². The lowest BCUT2D eigenvalue weighted by Gasteiger charge is -2.28. The monoisotopic (exact) mass is 429 g/mol. The first-order valence-corrected chi connectivity index (χ1v) is 10.3. The highest BCUT2D eigenvalue weighted by Gasteiger charge is 2.21. The van der Waals surface area contributed by atoms with Crippen LogP contribution in [0.2, 0.25) is 0 Å². The molecule has 0 saturated carbocycles. The minimum Gasteiger partial charge on any atom is -0.368 e. The van der Waals surface area contributed by atoms with E-state index in [2.05, 4.69) is 15.4 Å². The van der Waals surface area contributed by atoms with E-state index in [0.717, 1.165) is 0 Å². The van der Waals surface area contributed by atoms with Gasteiger partial charge in [0.2, 0.25) is 0 Å². The van der Waals surface area contributed by atoms with Gasteiger partial charge < -0.3 is 10.2 Å². The summed E-state index contributed by atoms with van der Waals surface area (Å²) >= 11 is 0. The molecule has 0 atom stereocenters. The molecule has 1 aliphatic heterocycles. The number of nitrogens with zero attached hydrogens (tertiary/aromatic N) is 4. The third-order valence-electron chi connectivity index (χ3n) is 5.02. The van der Waals surface area contributed by atoms with Gasteiger partial charge in [0.1, 0.15) is 24.6 Å². The van der Waals surface area contributed by atoms with Gasteiger partial charge in [-0.25, -0.2) is 18.3 Å². The van der Waals surface area contributed by atoms with Crippen LogP contribution in [0.3, 0.4) is 0 Å². The zero-order valence-corrected chi connectivity index (χ0v) is 17.6. The van der Waals surface area contributed by atoms with E-state index < -0.39 is 18.4 Å². The molecule has 3 aromatic rings. The predicted molar refractivity (Wildman–Crippen MR) is 113 cm³/mol. The van der Waals surface area contributed by atoms with Crippen molar-refractivity contribution in [3.63, 3.8) is 0 Å². The molecule has 1 amide bonds. The molecule has 0 radical (unpaired) electrons. The molecular formula is C22H25F2N5O2. The van der Waals surface area contributed by atoms with Crippen molar-refractivity contribution in [2.24, 2.45) is 0 Å². The van der Waals surface area contributed by atoms with E-state index in [1.165, 1.54) is 23.0 Å². The van der Waals surface area contributed by atoms with E-state index in [9.17, 15) is 18.4 Å². The average molecular weight is 429 g/mol. The number of amides is 1. The Morgan fingerprint density at radius 3 is 2.61 bits per heavy atom. The number of aromatic nitrogens is 3. The Morgan fingerprint density at radius 2 is 1.90 bits per heavy atom. The second kappa shape index (κ2) is 10.1. The lowest BCUT2D eigenvalue weighted by atomic mass is 10.1. The first-order chi connectivity index (χ1) is 15.1. The number of fused-ring (bicyclic) bond motifs is 1. The van der Waals surface area contributed by atoms with Crippen LogP contribution in [-0.2, 0) is 18.0 Å². The van der Waals surface area contributed by atoms with Crippen LogP contribution >= 0.6 is 0 Å². The number of piperidine rings is 1. The SMILES string of the molecule is CC.O=C1CCN(c2cc(C(=O)NCc3cccc(CF)c3F)cn3ncnc23)CC1. The molecular weight excluding hydrogens is 404 g/mol. The molecule has 31 heavy (non-hydrogen) atoms. The summed E-state index contributed by atoms with van der Waals surface area (Å²) in [6.07, 6.45) is 3.83. The fourth-order valence-corrected chi connectivity index (χ4v) is 3.41. The first kappa shape index (κ1) is 22.3. The van der Waals surface area contributed by atoms with Gasteiger partial charge in [-0.2, -0.15) is 5.10 Å². The third-order valence-corrected chi connectivity index (χ3v) is 5.02. The van der Waals surface area contributed by atoms with Crippen molar-refractivity contribution in [1.29, 1.82) is 0 Å². The quantitative estimate of drug-likeness (QED) is 0.672. The second-order valence-electron chi connectivity index (χ2n) is 6.87. The van der Waals surface area contributed by atoms with Gasteiger partial charge in [-0.15, -0.1) is 0 Å². The van der Waals surface area contributed by atoms with Gasteiger partial charge in [-0.1, -0.05) is 32.0 Å². The maximum atomic E-state index is 14.2. The molecule has 4 rings (SSSR count). The summed E-state index contributed by atoms with van der Waals surface area (Å²) in [5, 5.41) is 6.78. The van der Waals surface area contributed by atoms with E-state index in [-0.39, 0.29) is 23.5 Å². The van der Waals surface area contributed by atoms with Crippen LogP contribution in [0.25, 0.3) is 5.65 Å². The summed E-state index contributed by atoms with van der Waals surface area (Å²) in [5.41, 5.74) is 1.82. The Hall–Kier alpha value is -3.36. The van der Waals surface area contributed by atoms with Crippen molar-refractivity contribution >= 4 is 23.0 Å². The van der Waals surface area contributed by atoms with Crippen LogP contribution in [0.1, 0.15) is 48.2 Å². The zero-order valence-electron chi connectivity index (χ0n) is 17.6. The van der Waals surface area contributed by atoms with Crippen molar-refractivity contribution in [1.82, 2.24) is 19.9 Å². The number of rotatable bonds is 5. The summed E-state index contributed by atoms with van der Waals surface area (Å²) in [6.45, 7) is 4.13. The van der Waals surface area contributed by atoms with E-state index in [1.807, 2.05) is 18.7 Å². The molecule has 2 aromatic heterocycles. The molecule has 0 bridgehead atoms. The van der Waals surface area contributed by atoms with Gasteiger partial charge in [-0.3, -0.25) is 9.59 Å². The Balaban J connectivity index is 0.00000132. The Morgan fingerprint density at radius 1 is 1.19 bits per heavy atom. The minimum atomic E-state index is -0.904. The van der Waals surface area contributed by atoms with Gasteiger partial charge in [-0.05, 0) is 6.07 Å². The average Bonchev–Trinajstić information content (AvgIpc) is 3.28. The number of anilines is 1. The lowest BCUT2D eigenvalue weighted by Crippen LogP contribution is -2.34. The van der Waals surface area contributed by atoms with Crippen molar-refractivity contribution in [3.05, 3.63) is 59.3 Å². The molecule has 0 unspecified atom stereocenters. The molecule has 0 aliphatic carbocycles. The Bertz CT molecular complexity index is 1070. The number of pyridine rings is 1. The molecule has 1 N–H and O–H groups in total. The lowest BCUT2D eigenvalue weighted by molar-refractivity contribution is -0.119. The van der Waals surface area contributed by atoms with Crippen molar-refractivity contribution in [2.75, 3.05) is 18.0 Å². The largest absolute Gasteiger partial charge is 0.368 e. The standard InChI is InChI=1S/C20H19F2N5O2.C2H6/c21-9-13-2-1-3-14(18(13)22)10-23-20(29)15-8-17(19-24-12-25-27(19)11-15)26-6-4-16(28)5-7-26;1-2/h1-3,8,11-12H,4-7,9-10H2,(H,23,29);1-2H3. The Labute approximate surface area is 179 Å². The summed E-state index contributed by atoms with van der Waals surface area (Å²) in [4.78, 5) is 30.5. The van der Waals surface area contributed by atoms with Crippen LogP contribution in [0, 0.1) is 5.82 Å². The number of alkyl halides is 1. The predicted octanol–water partition coefficient (Wildman–Crippen LogP) is 3.46. The molecule has 1 aromatic carbocycles. The Kier molecular flexibility index (Phi) is 7.28. The number of hydrogen-bond donors (Lipinski definition) is 1. The zero-order chi connectivity index (χ0) is 22.4. The van der Waals surface area contributed by atoms with Crippen LogP contribution in [0.15, 0.2) is 36.8 Å². The molecule has 3 heterocycles. The fraction of sp³-hybridized carbons (Fsp3) is 0.364. The van der Waals surface area contributed by atoms with Crippen LogP contribution in [-0.4, -0.2) is 39.4 Å². The van der Waals surface area contributed by atoms with E-state index in [0.29, 0.717) is 42.8 Å². The molecule has 164 valence electrons. The number of nitrogens with one attached hydrogen (secondary N) is 1. The van der Waals surface area contributed by atoms with E-state index >= 15 is 0 Å². The highest BCUT2D eigenvalue weighted by atomic mass is 19.1. The molecule has 0 spiro atoms. The molecule has 1 aliphatic rings. The number of carbonyl (C=O) groups is 2. The first-order valence-electron chi connectivity index (χ1n) is 10.3. The summed E-state index contributed by atoms with van der Waals surface area (Å²) in [6, 6.07) is 6.13. The van der Waals surface area contributed by atoms with Gasteiger partial charge >= 0.3 is 0 Å². The smallest absolute Gasteiger partial charge is 0.253 e. The summed E-state index contributed by atoms with van der Waals surface area (Å²) in [5.74, 6) is -0.854. The summed E-state index contributed by atoms with van der Waals surface area (Å²) < 4.78 is 28.5. The number of carbonyl (C=O) groups excluding carboxylic acids is 2. The molecule has 1 fully saturated rings. The number of halogens is 2. The van der Waals surface area contributed by atoms with Crippen LogP contribution in [0.5, 0.6) is 0 Å². The number of benzene rings is 1. The van der Waals surface area contributed by atoms with Crippen LogP contribution in [0.4, 0.5) is 14.5 Å². The van der Waals surface area contributed by atoms with Gasteiger partial charge in [0.05, 0.1) is 11.3 Å². The van der Waals surface area contributed by atoms with Gasteiger partial charge in [0.25, 0.3) is 5.91 Å². The summed E-state index contributed by atoms with van der Waals surface area (Å²) in [7, 11) is 0. The van der Waals surface area contributed by atoms with E-state index in [1.54, 1.807) is 18.3 Å². The van der Waals surface area contributed by atoms with Crippen molar-refractivity contribution in [3.8, 4) is 0 Å². The van der Waals surface area contributed by atoms with Crippen molar-refractivity contribution < 1.29 is 18.4 Å². The third kappa shape index (κ3) is 4.87. The maximum Gasteiger partial charge on any atom is 0.253 e. The normalized spacial score (nSPS) is 13.7. The molecule has 7 nitrogen and oxygen atoms in total. The fourth-order valence-electron chi connectivity index (χ4n) is 3.41. The van der Waals surface area contributed by atoms with E-state index in [4.69, 9.17) is 0 Å². The number of Topliss-reactive ketones (excluding diaryl/α,β-unsaturated/α-hetero) is 1. The molecule has 9 heteroatoms. The minimum absolute atomic E-state index is 0.0392. The topological polar surface area (TPSA) is 79.6 Å².